The van der Waals surface area contributed by atoms with Crippen LogP contribution in [0, 0.1) is 22.9 Å². The van der Waals surface area contributed by atoms with Crippen molar-refractivity contribution in [3.05, 3.63) is 51.8 Å². The Morgan fingerprint density at radius 3 is 2.68 bits per heavy atom. The first kappa shape index (κ1) is 12.7. The number of nitrogens with two attached hydrogens (primary N) is 1. The second kappa shape index (κ2) is 4.89. The van der Waals surface area contributed by atoms with E-state index in [1.54, 1.807) is 6.92 Å². The molecule has 6 nitrogen and oxygen atoms in total. The maximum absolute atomic E-state index is 12.9. The molecule has 0 saturated heterocycles. The number of aryl methyl sites for hydroxylation is 1. The molecular weight excluding hydrogens is 253 g/mol. The van der Waals surface area contributed by atoms with Gasteiger partial charge in [0, 0.05) is 12.1 Å². The summed E-state index contributed by atoms with van der Waals surface area (Å²) in [4.78, 5) is 13.7. The molecule has 0 atom stereocenters. The van der Waals surface area contributed by atoms with Crippen molar-refractivity contribution in [1.29, 1.82) is 0 Å². The molecule has 1 aromatic carbocycles. The fourth-order valence-corrected chi connectivity index (χ4v) is 1.50. The third-order valence-electron chi connectivity index (χ3n) is 2.43. The first-order chi connectivity index (χ1) is 8.97. The van der Waals surface area contributed by atoms with Crippen molar-refractivity contribution in [1.82, 2.24) is 4.98 Å². The molecule has 7 heteroatoms. The van der Waals surface area contributed by atoms with Crippen LogP contribution in [-0.4, -0.2) is 9.91 Å². The van der Waals surface area contributed by atoms with Crippen LogP contribution in [0.4, 0.5) is 15.9 Å². The monoisotopic (exact) mass is 263 g/mol. The number of nitrogen functional groups attached to an aromatic ring is 1. The van der Waals surface area contributed by atoms with Crippen LogP contribution in [0.1, 0.15) is 5.56 Å². The molecule has 0 aliphatic rings. The molecule has 0 fully saturated rings. The van der Waals surface area contributed by atoms with E-state index in [1.165, 1.54) is 30.3 Å². The van der Waals surface area contributed by atoms with Gasteiger partial charge in [-0.25, -0.2) is 4.39 Å². The van der Waals surface area contributed by atoms with Crippen LogP contribution in [0.2, 0.25) is 0 Å². The summed E-state index contributed by atoms with van der Waals surface area (Å²) < 4.78 is 18.3. The lowest BCUT2D eigenvalue weighted by Gasteiger charge is -2.08. The van der Waals surface area contributed by atoms with E-state index in [0.29, 0.717) is 11.3 Å². The lowest BCUT2D eigenvalue weighted by atomic mass is 10.2. The van der Waals surface area contributed by atoms with Gasteiger partial charge in [0.05, 0.1) is 4.92 Å². The maximum Gasteiger partial charge on any atom is 0.311 e. The number of nitrogens with zero attached hydrogens (tertiary/aromatic N) is 2. The Kier molecular flexibility index (Phi) is 3.28. The predicted molar refractivity (Wildman–Crippen MR) is 66.5 cm³/mol. The first-order valence-corrected chi connectivity index (χ1v) is 5.32. The number of hydrogen-bond donors (Lipinski definition) is 1. The van der Waals surface area contributed by atoms with Crippen molar-refractivity contribution in [3.8, 4) is 11.6 Å². The largest absolute Gasteiger partial charge is 0.439 e. The average molecular weight is 263 g/mol. The average Bonchev–Trinajstić information content (AvgIpc) is 2.32. The van der Waals surface area contributed by atoms with Gasteiger partial charge in [-0.15, -0.1) is 0 Å². The molecule has 19 heavy (non-hydrogen) atoms. The molecule has 0 bridgehead atoms. The van der Waals surface area contributed by atoms with Crippen LogP contribution in [-0.2, 0) is 0 Å². The molecule has 0 aliphatic heterocycles. The topological polar surface area (TPSA) is 91.3 Å². The molecule has 2 N–H and O–H groups in total. The standard InChI is InChI=1S/C12H10FN3O3/c1-7-6-8(13)2-4-10(7)19-11-5-3-9(16(17)18)12(14)15-11/h2-6H,1H3,(H2,14,15). The van der Waals surface area contributed by atoms with Gasteiger partial charge < -0.3 is 10.5 Å². The van der Waals surface area contributed by atoms with E-state index >= 15 is 0 Å². The lowest BCUT2D eigenvalue weighted by molar-refractivity contribution is -0.384. The molecule has 1 heterocycles. The molecule has 0 unspecified atom stereocenters. The Hall–Kier alpha value is -2.70. The highest BCUT2D eigenvalue weighted by Crippen LogP contribution is 2.27. The molecule has 0 aliphatic carbocycles. The summed E-state index contributed by atoms with van der Waals surface area (Å²) in [5, 5.41) is 10.6. The van der Waals surface area contributed by atoms with Crippen molar-refractivity contribution in [3.63, 3.8) is 0 Å². The number of hydrogen-bond acceptors (Lipinski definition) is 5. The fraction of sp³-hybridized carbons (Fsp3) is 0.0833. The Morgan fingerprint density at radius 2 is 2.11 bits per heavy atom. The van der Waals surface area contributed by atoms with E-state index in [-0.39, 0.29) is 23.2 Å². The highest BCUT2D eigenvalue weighted by Gasteiger charge is 2.14. The third kappa shape index (κ3) is 2.76. The number of anilines is 1. The van der Waals surface area contributed by atoms with Crippen LogP contribution in [0.3, 0.4) is 0 Å². The van der Waals surface area contributed by atoms with E-state index in [9.17, 15) is 14.5 Å². The quantitative estimate of drug-likeness (QED) is 0.679. The van der Waals surface area contributed by atoms with E-state index in [0.717, 1.165) is 0 Å². The van der Waals surface area contributed by atoms with Gasteiger partial charge in [0.15, 0.2) is 0 Å². The molecular formula is C12H10FN3O3. The zero-order valence-electron chi connectivity index (χ0n) is 9.96. The SMILES string of the molecule is Cc1cc(F)ccc1Oc1ccc([N+](=O)[O-])c(N)n1. The minimum atomic E-state index is -0.630. The van der Waals surface area contributed by atoms with E-state index in [4.69, 9.17) is 10.5 Å². The van der Waals surface area contributed by atoms with Crippen LogP contribution < -0.4 is 10.5 Å². The van der Waals surface area contributed by atoms with Gasteiger partial charge in [-0.2, -0.15) is 4.98 Å². The summed E-state index contributed by atoms with van der Waals surface area (Å²) in [5.74, 6) is -0.0942. The Bertz CT molecular complexity index is 646. The number of ether oxygens (including phenoxy) is 1. The number of halogens is 1. The third-order valence-corrected chi connectivity index (χ3v) is 2.43. The van der Waals surface area contributed by atoms with Crippen molar-refractivity contribution in [2.75, 3.05) is 5.73 Å². The van der Waals surface area contributed by atoms with Crippen LogP contribution in [0.25, 0.3) is 0 Å². The lowest BCUT2D eigenvalue weighted by Crippen LogP contribution is -2.00. The highest BCUT2D eigenvalue weighted by molar-refractivity contribution is 5.53. The smallest absolute Gasteiger partial charge is 0.311 e. The van der Waals surface area contributed by atoms with Crippen molar-refractivity contribution < 1.29 is 14.1 Å². The maximum atomic E-state index is 12.9. The Labute approximate surface area is 107 Å². The van der Waals surface area contributed by atoms with E-state index < -0.39 is 4.92 Å². The molecule has 1 aromatic heterocycles. The molecule has 0 amide bonds. The molecule has 0 saturated carbocycles. The van der Waals surface area contributed by atoms with Gasteiger partial charge in [0.25, 0.3) is 0 Å². The summed E-state index contributed by atoms with van der Waals surface area (Å²) in [5.41, 5.74) is 5.74. The van der Waals surface area contributed by atoms with Gasteiger partial charge >= 0.3 is 5.69 Å². The highest BCUT2D eigenvalue weighted by atomic mass is 19.1. The molecule has 98 valence electrons. The molecule has 0 radical (unpaired) electrons. The Morgan fingerprint density at radius 1 is 1.37 bits per heavy atom. The number of rotatable bonds is 3. The Balaban J connectivity index is 2.29. The second-order valence-corrected chi connectivity index (χ2v) is 3.82. The van der Waals surface area contributed by atoms with Crippen LogP contribution in [0.5, 0.6) is 11.6 Å². The number of nitro groups is 1. The van der Waals surface area contributed by atoms with Gasteiger partial charge in [0.1, 0.15) is 11.6 Å². The number of aromatic nitrogens is 1. The zero-order valence-corrected chi connectivity index (χ0v) is 9.96. The van der Waals surface area contributed by atoms with Crippen molar-refractivity contribution in [2.24, 2.45) is 0 Å². The second-order valence-electron chi connectivity index (χ2n) is 3.82. The minimum absolute atomic E-state index is 0.109. The zero-order chi connectivity index (χ0) is 14.0. The summed E-state index contributed by atoms with van der Waals surface area (Å²) in [6, 6.07) is 6.54. The predicted octanol–water partition coefficient (Wildman–Crippen LogP) is 2.81. The van der Waals surface area contributed by atoms with Gasteiger partial charge in [-0.05, 0) is 30.7 Å². The summed E-state index contributed by atoms with van der Waals surface area (Å²) in [6.07, 6.45) is 0. The van der Waals surface area contributed by atoms with Crippen LogP contribution in [0.15, 0.2) is 30.3 Å². The molecule has 0 spiro atoms. The molecule has 2 aromatic rings. The van der Waals surface area contributed by atoms with Gasteiger partial charge in [-0.3, -0.25) is 10.1 Å². The number of benzene rings is 1. The van der Waals surface area contributed by atoms with Crippen LogP contribution >= 0.6 is 0 Å². The minimum Gasteiger partial charge on any atom is -0.439 e. The summed E-state index contributed by atoms with van der Waals surface area (Å²) in [6.45, 7) is 1.67. The normalized spacial score (nSPS) is 10.2. The van der Waals surface area contributed by atoms with Gasteiger partial charge in [-0.1, -0.05) is 0 Å². The van der Waals surface area contributed by atoms with Crippen molar-refractivity contribution in [2.45, 2.75) is 6.92 Å². The molecule has 2 rings (SSSR count). The fourth-order valence-electron chi connectivity index (χ4n) is 1.50. The first-order valence-electron chi connectivity index (χ1n) is 5.32. The van der Waals surface area contributed by atoms with Gasteiger partial charge in [0.2, 0.25) is 11.7 Å². The summed E-state index contributed by atoms with van der Waals surface area (Å²) >= 11 is 0. The summed E-state index contributed by atoms with van der Waals surface area (Å²) in [7, 11) is 0. The number of pyridine rings is 1. The van der Waals surface area contributed by atoms with Crippen molar-refractivity contribution >= 4 is 11.5 Å². The van der Waals surface area contributed by atoms with E-state index in [2.05, 4.69) is 4.98 Å². The van der Waals surface area contributed by atoms with E-state index in [1.807, 2.05) is 0 Å².